The van der Waals surface area contributed by atoms with E-state index >= 15 is 0 Å². The van der Waals surface area contributed by atoms with Crippen molar-refractivity contribution in [3.8, 4) is 0 Å². The van der Waals surface area contributed by atoms with Gasteiger partial charge in [0.2, 0.25) is 0 Å². The molecule has 0 amide bonds. The van der Waals surface area contributed by atoms with Gasteiger partial charge in [-0.25, -0.2) is 0 Å². The van der Waals surface area contributed by atoms with Crippen molar-refractivity contribution < 1.29 is 0 Å². The van der Waals surface area contributed by atoms with Gasteiger partial charge in [0.1, 0.15) is 0 Å². The van der Waals surface area contributed by atoms with Gasteiger partial charge in [-0.15, -0.1) is 0 Å². The maximum atomic E-state index is 4.76. The highest BCUT2D eigenvalue weighted by atomic mass is 14.8. The van der Waals surface area contributed by atoms with Crippen LogP contribution in [0, 0.1) is 16.7 Å². The van der Waals surface area contributed by atoms with Gasteiger partial charge in [-0.3, -0.25) is 4.99 Å². The van der Waals surface area contributed by atoms with Crippen molar-refractivity contribution in [1.29, 1.82) is 0 Å². The third-order valence-electron chi connectivity index (χ3n) is 4.37. The summed E-state index contributed by atoms with van der Waals surface area (Å²) in [4.78, 5) is 4.76. The minimum Gasteiger partial charge on any atom is -0.286 e. The van der Waals surface area contributed by atoms with E-state index in [1.165, 1.54) is 6.42 Å². The largest absolute Gasteiger partial charge is 0.286 e. The third-order valence-corrected chi connectivity index (χ3v) is 4.37. The summed E-state index contributed by atoms with van der Waals surface area (Å²) in [6, 6.07) is 0. The van der Waals surface area contributed by atoms with Gasteiger partial charge in [0.05, 0.1) is 5.54 Å². The van der Waals surface area contributed by atoms with Gasteiger partial charge < -0.3 is 0 Å². The maximum absolute atomic E-state index is 4.76. The van der Waals surface area contributed by atoms with Crippen molar-refractivity contribution in [3.05, 3.63) is 24.3 Å². The van der Waals surface area contributed by atoms with E-state index in [4.69, 9.17) is 4.99 Å². The summed E-state index contributed by atoms with van der Waals surface area (Å²) in [6.45, 7) is 23.9. The summed E-state index contributed by atoms with van der Waals surface area (Å²) in [7, 11) is 0. The predicted octanol–water partition coefficient (Wildman–Crippen LogP) is 7.48. The standard InChI is InChI=1S/C17H29N.C3H8.C2H6/c1-8-16(6)10-12-17(7,14(2)3)11-9-15(4,5)18-13-16;1-3-2;1-2/h9-14H,8H2,1-7H3;3H2,1-2H3;1-2H3/b11-9-,12-10-,18-13?;;. The summed E-state index contributed by atoms with van der Waals surface area (Å²) in [6.07, 6.45) is 13.7. The highest BCUT2D eigenvalue weighted by Gasteiger charge is 2.27. The van der Waals surface area contributed by atoms with Gasteiger partial charge in [0.15, 0.2) is 0 Å². The van der Waals surface area contributed by atoms with E-state index in [0.717, 1.165) is 6.42 Å². The van der Waals surface area contributed by atoms with Crippen LogP contribution in [-0.4, -0.2) is 11.8 Å². The molecular formula is C22H43N. The summed E-state index contributed by atoms with van der Waals surface area (Å²) in [5.74, 6) is 0.583. The normalized spacial score (nSPS) is 31.5. The van der Waals surface area contributed by atoms with Crippen LogP contribution < -0.4 is 0 Å². The summed E-state index contributed by atoms with van der Waals surface area (Å²) in [5, 5.41) is 0. The Morgan fingerprint density at radius 2 is 1.26 bits per heavy atom. The average Bonchev–Trinajstić information content (AvgIpc) is 2.55. The van der Waals surface area contributed by atoms with E-state index in [0.29, 0.717) is 5.92 Å². The van der Waals surface area contributed by atoms with Crippen LogP contribution in [0.4, 0.5) is 0 Å². The van der Waals surface area contributed by atoms with Crippen LogP contribution in [0.1, 0.15) is 89.0 Å². The summed E-state index contributed by atoms with van der Waals surface area (Å²) < 4.78 is 0. The highest BCUT2D eigenvalue weighted by Crippen LogP contribution is 2.35. The van der Waals surface area contributed by atoms with E-state index < -0.39 is 0 Å². The fourth-order valence-corrected chi connectivity index (χ4v) is 1.80. The van der Waals surface area contributed by atoms with E-state index in [1.54, 1.807) is 0 Å². The second kappa shape index (κ2) is 10.8. The molecule has 0 bridgehead atoms. The molecular weight excluding hydrogens is 278 g/mol. The molecule has 0 aliphatic carbocycles. The number of rotatable bonds is 2. The molecule has 0 aromatic carbocycles. The molecule has 0 N–H and O–H groups in total. The lowest BCUT2D eigenvalue weighted by Gasteiger charge is -2.29. The molecule has 1 rings (SSSR count). The molecule has 0 aromatic heterocycles. The molecule has 1 aliphatic heterocycles. The third kappa shape index (κ3) is 9.13. The molecule has 2 atom stereocenters. The first-order chi connectivity index (χ1) is 10.5. The first kappa shape index (κ1) is 24.4. The van der Waals surface area contributed by atoms with Gasteiger partial charge in [0, 0.05) is 17.0 Å². The lowest BCUT2D eigenvalue weighted by molar-refractivity contribution is 0.377. The fraction of sp³-hybridized carbons (Fsp3) is 0.773. The van der Waals surface area contributed by atoms with Gasteiger partial charge in [-0.1, -0.05) is 93.0 Å². The molecule has 0 saturated heterocycles. The van der Waals surface area contributed by atoms with Crippen molar-refractivity contribution in [1.82, 2.24) is 0 Å². The Kier molecular flexibility index (Phi) is 11.5. The number of nitrogens with zero attached hydrogens (tertiary/aromatic N) is 1. The zero-order chi connectivity index (χ0) is 18.7. The number of hydrogen-bond acceptors (Lipinski definition) is 1. The van der Waals surface area contributed by atoms with Crippen LogP contribution in [0.3, 0.4) is 0 Å². The van der Waals surface area contributed by atoms with Crippen molar-refractivity contribution in [2.75, 3.05) is 0 Å². The molecule has 0 radical (unpaired) electrons. The zero-order valence-electron chi connectivity index (χ0n) is 17.8. The molecule has 2 unspecified atom stereocenters. The lowest BCUT2D eigenvalue weighted by atomic mass is 9.76. The molecule has 0 saturated carbocycles. The van der Waals surface area contributed by atoms with Gasteiger partial charge in [0.25, 0.3) is 0 Å². The smallest absolute Gasteiger partial charge is 0.0728 e. The Labute approximate surface area is 147 Å². The minimum atomic E-state index is -0.112. The Morgan fingerprint density at radius 3 is 1.65 bits per heavy atom. The molecule has 23 heavy (non-hydrogen) atoms. The quantitative estimate of drug-likeness (QED) is 0.467. The minimum absolute atomic E-state index is 0.0689. The molecule has 0 spiro atoms. The van der Waals surface area contributed by atoms with Crippen molar-refractivity contribution in [2.24, 2.45) is 21.7 Å². The first-order valence-corrected chi connectivity index (χ1v) is 9.51. The Morgan fingerprint density at radius 1 is 0.826 bits per heavy atom. The van der Waals surface area contributed by atoms with Crippen LogP contribution >= 0.6 is 0 Å². The number of hydrogen-bond donors (Lipinski definition) is 0. The van der Waals surface area contributed by atoms with Crippen molar-refractivity contribution >= 4 is 6.21 Å². The number of allylic oxidation sites excluding steroid dienone is 3. The number of aliphatic imine (C=N–C) groups is 1. The van der Waals surface area contributed by atoms with E-state index in [9.17, 15) is 0 Å². The van der Waals surface area contributed by atoms with Gasteiger partial charge >= 0.3 is 0 Å². The fourth-order valence-electron chi connectivity index (χ4n) is 1.80. The van der Waals surface area contributed by atoms with Crippen LogP contribution in [0.15, 0.2) is 29.3 Å². The van der Waals surface area contributed by atoms with Gasteiger partial charge in [-0.05, 0) is 26.2 Å². The Bertz CT molecular complexity index is 387. The summed E-state index contributed by atoms with van der Waals surface area (Å²) >= 11 is 0. The molecule has 0 aromatic rings. The Hall–Kier alpha value is -0.850. The second-order valence-corrected chi connectivity index (χ2v) is 7.67. The average molecular weight is 322 g/mol. The first-order valence-electron chi connectivity index (χ1n) is 9.51. The van der Waals surface area contributed by atoms with E-state index in [-0.39, 0.29) is 16.4 Å². The highest BCUT2D eigenvalue weighted by molar-refractivity contribution is 5.69. The van der Waals surface area contributed by atoms with Crippen LogP contribution in [0.2, 0.25) is 0 Å². The Balaban J connectivity index is 0. The van der Waals surface area contributed by atoms with E-state index in [2.05, 4.69) is 92.8 Å². The monoisotopic (exact) mass is 321 g/mol. The van der Waals surface area contributed by atoms with Crippen LogP contribution in [0.5, 0.6) is 0 Å². The molecule has 0 fully saturated rings. The molecule has 1 nitrogen and oxygen atoms in total. The topological polar surface area (TPSA) is 12.4 Å². The molecule has 1 heteroatoms. The zero-order valence-corrected chi connectivity index (χ0v) is 17.8. The molecule has 1 aliphatic rings. The van der Waals surface area contributed by atoms with Crippen LogP contribution in [0.25, 0.3) is 0 Å². The summed E-state index contributed by atoms with van der Waals surface area (Å²) in [5.41, 5.74) is 0.0689. The predicted molar refractivity (Wildman–Crippen MR) is 110 cm³/mol. The molecule has 1 heterocycles. The van der Waals surface area contributed by atoms with Crippen molar-refractivity contribution in [3.63, 3.8) is 0 Å². The SMILES string of the molecule is CC.CCC.CCC1(C)C=NC(C)(C)/C=C\C(C)(C(C)C)/C=C\1. The van der Waals surface area contributed by atoms with Crippen molar-refractivity contribution in [2.45, 2.75) is 94.5 Å². The second-order valence-electron chi connectivity index (χ2n) is 7.67. The van der Waals surface area contributed by atoms with E-state index in [1.807, 2.05) is 13.8 Å². The molecule has 136 valence electrons. The maximum Gasteiger partial charge on any atom is 0.0728 e. The van der Waals surface area contributed by atoms with Crippen LogP contribution in [-0.2, 0) is 0 Å². The van der Waals surface area contributed by atoms with Gasteiger partial charge in [-0.2, -0.15) is 0 Å². The lowest BCUT2D eigenvalue weighted by Crippen LogP contribution is -2.20.